The van der Waals surface area contributed by atoms with Crippen molar-refractivity contribution in [3.63, 3.8) is 0 Å². The molecule has 5 nitrogen and oxygen atoms in total. The first kappa shape index (κ1) is 11.7. The van der Waals surface area contributed by atoms with Gasteiger partial charge in [0.05, 0.1) is 6.10 Å². The summed E-state index contributed by atoms with van der Waals surface area (Å²) in [6, 6.07) is 1.35. The Balaban J connectivity index is 2.77. The molecule has 0 aliphatic carbocycles. The Hall–Kier alpha value is -1.75. The van der Waals surface area contributed by atoms with Crippen molar-refractivity contribution in [1.82, 2.24) is 0 Å². The van der Waals surface area contributed by atoms with Crippen LogP contribution in [0.15, 0.2) is 6.07 Å². The summed E-state index contributed by atoms with van der Waals surface area (Å²) < 4.78 is 5.11. The van der Waals surface area contributed by atoms with Gasteiger partial charge >= 0.3 is 5.97 Å². The Labute approximate surface area is 98.3 Å². The Morgan fingerprint density at radius 2 is 2.00 bits per heavy atom. The highest BCUT2D eigenvalue weighted by Crippen LogP contribution is 2.46. The van der Waals surface area contributed by atoms with Gasteiger partial charge in [0, 0.05) is 11.1 Å². The van der Waals surface area contributed by atoms with Crippen LogP contribution in [-0.2, 0) is 10.3 Å². The van der Waals surface area contributed by atoms with Gasteiger partial charge in [-0.1, -0.05) is 0 Å². The third kappa shape index (κ3) is 1.39. The van der Waals surface area contributed by atoms with Crippen LogP contribution >= 0.6 is 0 Å². The molecule has 0 unspecified atom stereocenters. The number of aromatic hydroxyl groups is 2. The summed E-state index contributed by atoms with van der Waals surface area (Å²) in [6.07, 6.45) is -0.950. The van der Waals surface area contributed by atoms with Crippen molar-refractivity contribution in [3.05, 3.63) is 22.8 Å². The number of hydrogen-bond donors (Lipinski definition) is 3. The monoisotopic (exact) mass is 238 g/mol. The molecule has 1 aliphatic rings. The lowest BCUT2D eigenvalue weighted by atomic mass is 9.88. The second kappa shape index (κ2) is 3.37. The minimum Gasteiger partial charge on any atom is -0.508 e. The third-order valence-electron chi connectivity index (χ3n) is 3.37. The van der Waals surface area contributed by atoms with E-state index in [-0.39, 0.29) is 22.6 Å². The van der Waals surface area contributed by atoms with Crippen molar-refractivity contribution < 1.29 is 24.9 Å². The summed E-state index contributed by atoms with van der Waals surface area (Å²) in [5, 5.41) is 29.2. The summed E-state index contributed by atoms with van der Waals surface area (Å²) in [7, 11) is 0. The lowest BCUT2D eigenvalue weighted by molar-refractivity contribution is -0.0656. The van der Waals surface area contributed by atoms with Crippen LogP contribution in [0.3, 0.4) is 0 Å². The van der Waals surface area contributed by atoms with E-state index < -0.39 is 17.7 Å². The van der Waals surface area contributed by atoms with Crippen LogP contribution in [-0.4, -0.2) is 27.4 Å². The van der Waals surface area contributed by atoms with E-state index in [4.69, 9.17) is 4.74 Å². The molecular weight excluding hydrogens is 224 g/mol. The predicted octanol–water partition coefficient (Wildman–Crippen LogP) is 1.17. The van der Waals surface area contributed by atoms with Crippen molar-refractivity contribution in [2.75, 3.05) is 0 Å². The lowest BCUT2D eigenvalue weighted by Gasteiger charge is -2.27. The Morgan fingerprint density at radius 3 is 2.53 bits per heavy atom. The van der Waals surface area contributed by atoms with Gasteiger partial charge < -0.3 is 20.1 Å². The second-order valence-electron chi connectivity index (χ2n) is 4.46. The van der Waals surface area contributed by atoms with E-state index in [1.54, 1.807) is 0 Å². The maximum atomic E-state index is 11.7. The van der Waals surface area contributed by atoms with Crippen LogP contribution in [0.1, 0.15) is 35.3 Å². The number of ether oxygens (including phenoxy) is 1. The van der Waals surface area contributed by atoms with Crippen molar-refractivity contribution >= 4 is 5.97 Å². The van der Waals surface area contributed by atoms with E-state index in [1.807, 2.05) is 0 Å². The molecule has 1 aromatic rings. The average Bonchev–Trinajstić information content (AvgIpc) is 2.49. The zero-order chi connectivity index (χ0) is 13.0. The van der Waals surface area contributed by atoms with Gasteiger partial charge in [0.2, 0.25) is 0 Å². The lowest BCUT2D eigenvalue weighted by Crippen LogP contribution is -2.34. The summed E-state index contributed by atoms with van der Waals surface area (Å²) in [4.78, 5) is 11.7. The van der Waals surface area contributed by atoms with Crippen LogP contribution in [0, 0.1) is 6.92 Å². The molecule has 0 saturated carbocycles. The number of esters is 1. The number of carbonyl (C=O) groups is 1. The second-order valence-corrected chi connectivity index (χ2v) is 4.46. The number of cyclic esters (lactones) is 1. The van der Waals surface area contributed by atoms with Gasteiger partial charge in [-0.05, 0) is 26.8 Å². The summed E-state index contributed by atoms with van der Waals surface area (Å²) in [6.45, 7) is 4.52. The van der Waals surface area contributed by atoms with Crippen LogP contribution < -0.4 is 0 Å². The molecule has 0 radical (unpaired) electrons. The van der Waals surface area contributed by atoms with Crippen LogP contribution in [0.2, 0.25) is 0 Å². The number of carbonyl (C=O) groups excluding carboxylic acids is 1. The van der Waals surface area contributed by atoms with Crippen LogP contribution in [0.4, 0.5) is 0 Å². The number of benzene rings is 1. The van der Waals surface area contributed by atoms with Crippen molar-refractivity contribution in [1.29, 1.82) is 0 Å². The highest BCUT2D eigenvalue weighted by molar-refractivity contribution is 5.98. The molecule has 0 saturated heterocycles. The van der Waals surface area contributed by atoms with Crippen LogP contribution in [0.5, 0.6) is 11.5 Å². The molecule has 92 valence electrons. The number of aliphatic hydroxyl groups excluding tert-OH is 1. The quantitative estimate of drug-likeness (QED) is 0.639. The highest BCUT2D eigenvalue weighted by Gasteiger charge is 2.47. The standard InChI is InChI=1S/C12H14O5/c1-5-8(14)4-7-9(10(5)15)11(16)17-12(7,3)6(2)13/h4,6,13-15H,1-3H3/t6-,12-/m0/s1. The molecule has 0 bridgehead atoms. The normalized spacial score (nSPS) is 24.4. The number of aliphatic hydroxyl groups is 1. The molecule has 0 aromatic heterocycles. The molecular formula is C12H14O5. The predicted molar refractivity (Wildman–Crippen MR) is 59.0 cm³/mol. The highest BCUT2D eigenvalue weighted by atomic mass is 16.6. The van der Waals surface area contributed by atoms with E-state index in [0.29, 0.717) is 5.56 Å². The zero-order valence-corrected chi connectivity index (χ0v) is 9.81. The molecule has 2 atom stereocenters. The Kier molecular flexibility index (Phi) is 2.32. The molecule has 1 aromatic carbocycles. The first-order valence-electron chi connectivity index (χ1n) is 5.26. The molecule has 0 amide bonds. The molecule has 17 heavy (non-hydrogen) atoms. The van der Waals surface area contributed by atoms with Gasteiger partial charge in [-0.15, -0.1) is 0 Å². The summed E-state index contributed by atoms with van der Waals surface area (Å²) in [5.41, 5.74) is -0.702. The van der Waals surface area contributed by atoms with Crippen molar-refractivity contribution in [3.8, 4) is 11.5 Å². The fourth-order valence-corrected chi connectivity index (χ4v) is 1.96. The van der Waals surface area contributed by atoms with Crippen molar-refractivity contribution in [2.45, 2.75) is 32.5 Å². The van der Waals surface area contributed by atoms with E-state index in [2.05, 4.69) is 0 Å². The van der Waals surface area contributed by atoms with Gasteiger partial charge in [0.25, 0.3) is 0 Å². The summed E-state index contributed by atoms with van der Waals surface area (Å²) >= 11 is 0. The third-order valence-corrected chi connectivity index (χ3v) is 3.37. The molecule has 1 aliphatic heterocycles. The number of hydrogen-bond acceptors (Lipinski definition) is 5. The van der Waals surface area contributed by atoms with E-state index in [1.165, 1.54) is 26.8 Å². The average molecular weight is 238 g/mol. The fourth-order valence-electron chi connectivity index (χ4n) is 1.96. The zero-order valence-electron chi connectivity index (χ0n) is 9.81. The molecule has 5 heteroatoms. The van der Waals surface area contributed by atoms with E-state index in [0.717, 1.165) is 0 Å². The minimum atomic E-state index is -1.24. The van der Waals surface area contributed by atoms with Gasteiger partial charge in [-0.3, -0.25) is 0 Å². The van der Waals surface area contributed by atoms with Crippen molar-refractivity contribution in [2.24, 2.45) is 0 Å². The topological polar surface area (TPSA) is 87.0 Å². The summed E-state index contributed by atoms with van der Waals surface area (Å²) in [5.74, 6) is -1.12. The smallest absolute Gasteiger partial charge is 0.343 e. The number of rotatable bonds is 1. The van der Waals surface area contributed by atoms with E-state index in [9.17, 15) is 20.1 Å². The SMILES string of the molecule is Cc1c(O)cc2c(c1O)C(=O)O[C@@]2(C)[C@H](C)O. The van der Waals surface area contributed by atoms with Gasteiger partial charge in [0.15, 0.2) is 5.60 Å². The fraction of sp³-hybridized carbons (Fsp3) is 0.417. The largest absolute Gasteiger partial charge is 0.508 e. The Bertz CT molecular complexity index is 506. The van der Waals surface area contributed by atoms with Gasteiger partial charge in [-0.2, -0.15) is 0 Å². The number of phenolic OH excluding ortho intramolecular Hbond substituents is 2. The molecule has 2 rings (SSSR count). The molecule has 3 N–H and O–H groups in total. The maximum absolute atomic E-state index is 11.7. The molecule has 0 fully saturated rings. The van der Waals surface area contributed by atoms with E-state index >= 15 is 0 Å². The van der Waals surface area contributed by atoms with Crippen LogP contribution in [0.25, 0.3) is 0 Å². The minimum absolute atomic E-state index is 0.0173. The first-order chi connectivity index (χ1) is 7.79. The number of phenols is 2. The first-order valence-corrected chi connectivity index (χ1v) is 5.26. The molecule has 0 spiro atoms. The maximum Gasteiger partial charge on any atom is 0.343 e. The van der Waals surface area contributed by atoms with Gasteiger partial charge in [0.1, 0.15) is 17.1 Å². The molecule has 1 heterocycles. The van der Waals surface area contributed by atoms with Gasteiger partial charge in [-0.25, -0.2) is 4.79 Å². The number of fused-ring (bicyclic) bond motifs is 1. The Morgan fingerprint density at radius 1 is 1.41 bits per heavy atom.